The maximum absolute atomic E-state index is 13.2. The van der Waals surface area contributed by atoms with Gasteiger partial charge in [-0.2, -0.15) is 0 Å². The van der Waals surface area contributed by atoms with Crippen LogP contribution >= 0.6 is 11.6 Å². The number of nitrogens with zero attached hydrogens (tertiary/aromatic N) is 3. The number of aromatic nitrogens is 2. The molecule has 0 N–H and O–H groups in total. The van der Waals surface area contributed by atoms with E-state index in [1.807, 2.05) is 0 Å². The first kappa shape index (κ1) is 18.5. The minimum Gasteiger partial charge on any atom is -0.341 e. The van der Waals surface area contributed by atoms with Crippen molar-refractivity contribution in [2.45, 2.75) is 25.9 Å². The molecule has 1 aliphatic heterocycles. The molecule has 1 saturated heterocycles. The van der Waals surface area contributed by atoms with Crippen molar-refractivity contribution in [2.24, 2.45) is 0 Å². The van der Waals surface area contributed by atoms with Gasteiger partial charge in [0.05, 0.1) is 17.4 Å². The Bertz CT molecular complexity index is 1140. The van der Waals surface area contributed by atoms with Gasteiger partial charge in [-0.3, -0.25) is 18.7 Å². The highest BCUT2D eigenvalue weighted by Gasteiger charge is 2.21. The molecule has 28 heavy (non-hydrogen) atoms. The molecule has 0 bridgehead atoms. The van der Waals surface area contributed by atoms with Gasteiger partial charge in [-0.1, -0.05) is 35.9 Å². The number of amides is 1. The first-order valence-corrected chi connectivity index (χ1v) is 9.67. The number of halogens is 1. The van der Waals surface area contributed by atoms with Gasteiger partial charge in [0, 0.05) is 18.1 Å². The minimum absolute atomic E-state index is 0.0692. The van der Waals surface area contributed by atoms with Crippen LogP contribution < -0.4 is 11.2 Å². The van der Waals surface area contributed by atoms with E-state index in [4.69, 9.17) is 11.6 Å². The highest BCUT2D eigenvalue weighted by molar-refractivity contribution is 6.30. The Labute approximate surface area is 166 Å². The average molecular weight is 398 g/mol. The van der Waals surface area contributed by atoms with Gasteiger partial charge in [0.25, 0.3) is 5.56 Å². The number of hydrogen-bond acceptors (Lipinski definition) is 3. The molecule has 3 aromatic rings. The molecule has 1 aromatic heterocycles. The molecule has 2 aromatic carbocycles. The summed E-state index contributed by atoms with van der Waals surface area (Å²) < 4.78 is 2.59. The predicted octanol–water partition coefficient (Wildman–Crippen LogP) is 2.49. The van der Waals surface area contributed by atoms with E-state index in [0.717, 1.165) is 31.5 Å². The summed E-state index contributed by atoms with van der Waals surface area (Å²) in [6.07, 6.45) is 1.97. The number of fused-ring (bicyclic) bond motifs is 1. The maximum Gasteiger partial charge on any atom is 0.332 e. The van der Waals surface area contributed by atoms with Crippen LogP contribution in [0.3, 0.4) is 0 Å². The van der Waals surface area contributed by atoms with E-state index >= 15 is 0 Å². The zero-order valence-electron chi connectivity index (χ0n) is 15.3. The molecule has 1 amide bonds. The number of carbonyl (C=O) groups excluding carboxylic acids is 1. The molecule has 0 saturated carbocycles. The molecule has 4 rings (SSSR count). The Balaban J connectivity index is 1.81. The van der Waals surface area contributed by atoms with Crippen LogP contribution in [0.4, 0.5) is 0 Å². The van der Waals surface area contributed by atoms with Gasteiger partial charge in [0.15, 0.2) is 0 Å². The third-order valence-corrected chi connectivity index (χ3v) is 5.39. The van der Waals surface area contributed by atoms with Gasteiger partial charge in [0.1, 0.15) is 6.54 Å². The van der Waals surface area contributed by atoms with Crippen LogP contribution in [-0.4, -0.2) is 33.0 Å². The third-order valence-electron chi connectivity index (χ3n) is 5.14. The van der Waals surface area contributed by atoms with E-state index < -0.39 is 5.69 Å². The fourth-order valence-electron chi connectivity index (χ4n) is 3.64. The lowest BCUT2D eigenvalue weighted by Gasteiger charge is -2.18. The fraction of sp³-hybridized carbons (Fsp3) is 0.286. The van der Waals surface area contributed by atoms with Crippen molar-refractivity contribution in [3.8, 4) is 0 Å². The van der Waals surface area contributed by atoms with E-state index in [1.54, 1.807) is 53.4 Å². The van der Waals surface area contributed by atoms with E-state index in [2.05, 4.69) is 0 Å². The summed E-state index contributed by atoms with van der Waals surface area (Å²) in [5.74, 6) is -0.0959. The van der Waals surface area contributed by atoms with Gasteiger partial charge in [0.2, 0.25) is 5.91 Å². The smallest absolute Gasteiger partial charge is 0.332 e. The lowest BCUT2D eigenvalue weighted by Crippen LogP contribution is -2.43. The van der Waals surface area contributed by atoms with Crippen LogP contribution in [0, 0.1) is 0 Å². The van der Waals surface area contributed by atoms with Crippen LogP contribution in [-0.2, 0) is 17.9 Å². The second-order valence-corrected chi connectivity index (χ2v) is 7.43. The van der Waals surface area contributed by atoms with Crippen LogP contribution in [0.25, 0.3) is 10.9 Å². The SMILES string of the molecule is O=C(Cn1c(=O)n(Cc2ccc(Cl)cc2)c(=O)c2ccccc21)N1CCCC1. The summed E-state index contributed by atoms with van der Waals surface area (Å²) in [7, 11) is 0. The molecule has 0 radical (unpaired) electrons. The van der Waals surface area contributed by atoms with E-state index in [0.29, 0.717) is 15.9 Å². The first-order valence-electron chi connectivity index (χ1n) is 9.29. The largest absolute Gasteiger partial charge is 0.341 e. The maximum atomic E-state index is 13.2. The molecular weight excluding hydrogens is 378 g/mol. The van der Waals surface area contributed by atoms with Crippen molar-refractivity contribution < 1.29 is 4.79 Å². The summed E-state index contributed by atoms with van der Waals surface area (Å²) in [6, 6.07) is 13.9. The van der Waals surface area contributed by atoms with Crippen molar-refractivity contribution in [1.82, 2.24) is 14.0 Å². The fourth-order valence-corrected chi connectivity index (χ4v) is 3.76. The topological polar surface area (TPSA) is 64.3 Å². The molecule has 144 valence electrons. The van der Waals surface area contributed by atoms with Crippen molar-refractivity contribution in [3.05, 3.63) is 80.0 Å². The van der Waals surface area contributed by atoms with Gasteiger partial charge < -0.3 is 4.90 Å². The Morgan fingerprint density at radius 2 is 1.61 bits per heavy atom. The monoisotopic (exact) mass is 397 g/mol. The molecule has 0 aliphatic carbocycles. The van der Waals surface area contributed by atoms with Crippen LogP contribution in [0.15, 0.2) is 58.1 Å². The molecule has 2 heterocycles. The Morgan fingerprint density at radius 3 is 2.32 bits per heavy atom. The van der Waals surface area contributed by atoms with Crippen molar-refractivity contribution in [3.63, 3.8) is 0 Å². The van der Waals surface area contributed by atoms with E-state index in [9.17, 15) is 14.4 Å². The first-order chi connectivity index (χ1) is 13.5. The summed E-state index contributed by atoms with van der Waals surface area (Å²) in [5.41, 5.74) is 0.431. The average Bonchev–Trinajstić information content (AvgIpc) is 3.25. The number of likely N-dealkylation sites (tertiary alicyclic amines) is 1. The normalized spacial score (nSPS) is 14.0. The zero-order chi connectivity index (χ0) is 19.7. The molecule has 0 atom stereocenters. The summed E-state index contributed by atoms with van der Waals surface area (Å²) in [5, 5.41) is 1.01. The third kappa shape index (κ3) is 3.47. The van der Waals surface area contributed by atoms with Gasteiger partial charge in [-0.25, -0.2) is 4.79 Å². The van der Waals surface area contributed by atoms with Crippen molar-refractivity contribution in [2.75, 3.05) is 13.1 Å². The molecule has 1 aliphatic rings. The lowest BCUT2D eigenvalue weighted by atomic mass is 10.2. The summed E-state index contributed by atoms with van der Waals surface area (Å²) >= 11 is 5.92. The molecular formula is C21H20ClN3O3. The minimum atomic E-state index is -0.480. The van der Waals surface area contributed by atoms with Gasteiger partial charge in [-0.05, 0) is 42.7 Å². The highest BCUT2D eigenvalue weighted by atomic mass is 35.5. The summed E-state index contributed by atoms with van der Waals surface area (Å²) in [4.78, 5) is 40.5. The van der Waals surface area contributed by atoms with Crippen LogP contribution in [0.2, 0.25) is 5.02 Å². The standard InChI is InChI=1S/C21H20ClN3O3/c22-16-9-7-15(8-10-16)13-25-20(27)17-5-1-2-6-18(17)24(21(25)28)14-19(26)23-11-3-4-12-23/h1-2,5-10H,3-4,11-14H2. The molecule has 0 unspecified atom stereocenters. The zero-order valence-corrected chi connectivity index (χ0v) is 16.1. The van der Waals surface area contributed by atoms with Gasteiger partial charge in [-0.15, -0.1) is 0 Å². The Hall–Kier alpha value is -2.86. The Morgan fingerprint density at radius 1 is 0.929 bits per heavy atom. The second kappa shape index (κ2) is 7.64. The Kier molecular flexibility index (Phi) is 5.05. The predicted molar refractivity (Wildman–Crippen MR) is 109 cm³/mol. The van der Waals surface area contributed by atoms with Crippen LogP contribution in [0.1, 0.15) is 18.4 Å². The highest BCUT2D eigenvalue weighted by Crippen LogP contribution is 2.13. The molecule has 0 spiro atoms. The quantitative estimate of drug-likeness (QED) is 0.679. The number of para-hydroxylation sites is 1. The van der Waals surface area contributed by atoms with Gasteiger partial charge >= 0.3 is 5.69 Å². The van der Waals surface area contributed by atoms with Crippen molar-refractivity contribution >= 4 is 28.4 Å². The van der Waals surface area contributed by atoms with Crippen molar-refractivity contribution in [1.29, 1.82) is 0 Å². The van der Waals surface area contributed by atoms with E-state index in [-0.39, 0.29) is 24.6 Å². The van der Waals surface area contributed by atoms with E-state index in [1.165, 1.54) is 9.13 Å². The summed E-state index contributed by atoms with van der Waals surface area (Å²) in [6.45, 7) is 1.49. The number of benzene rings is 2. The van der Waals surface area contributed by atoms with Crippen LogP contribution in [0.5, 0.6) is 0 Å². The molecule has 1 fully saturated rings. The number of rotatable bonds is 4. The molecule has 6 nitrogen and oxygen atoms in total. The molecule has 7 heteroatoms. The lowest BCUT2D eigenvalue weighted by molar-refractivity contribution is -0.130. The second-order valence-electron chi connectivity index (χ2n) is 6.99. The number of hydrogen-bond donors (Lipinski definition) is 0. The number of carbonyl (C=O) groups is 1.